The predicted octanol–water partition coefficient (Wildman–Crippen LogP) is 4.85. The summed E-state index contributed by atoms with van der Waals surface area (Å²) >= 11 is 0. The zero-order chi connectivity index (χ0) is 14.6. The molecule has 0 aliphatic carbocycles. The van der Waals surface area contributed by atoms with Gasteiger partial charge in [0.25, 0.3) is 0 Å². The van der Waals surface area contributed by atoms with Gasteiger partial charge in [-0.05, 0) is 29.8 Å². The first-order chi connectivity index (χ1) is 9.42. The number of nitrogens with one attached hydrogen (secondary N) is 1. The lowest BCUT2D eigenvalue weighted by Crippen LogP contribution is -2.17. The van der Waals surface area contributed by atoms with E-state index >= 15 is 0 Å². The second kappa shape index (κ2) is 5.73. The molecule has 0 bridgehead atoms. The highest BCUT2D eigenvalue weighted by Crippen LogP contribution is 2.24. The molecule has 0 atom stereocenters. The molecule has 106 valence electrons. The summed E-state index contributed by atoms with van der Waals surface area (Å²) in [6, 6.07) is 12.0. The highest BCUT2D eigenvalue weighted by Gasteiger charge is 2.31. The molecule has 0 aliphatic heterocycles. The van der Waals surface area contributed by atoms with Crippen molar-refractivity contribution in [2.45, 2.75) is 13.0 Å². The lowest BCUT2D eigenvalue weighted by molar-refractivity contribution is -0.274. The van der Waals surface area contributed by atoms with E-state index < -0.39 is 6.36 Å². The lowest BCUT2D eigenvalue weighted by Gasteiger charge is -2.11. The molecule has 20 heavy (non-hydrogen) atoms. The van der Waals surface area contributed by atoms with Gasteiger partial charge in [-0.2, -0.15) is 0 Å². The van der Waals surface area contributed by atoms with Crippen LogP contribution in [0.25, 0.3) is 5.73 Å². The van der Waals surface area contributed by atoms with Gasteiger partial charge in [0, 0.05) is 0 Å². The Balaban J connectivity index is 2.01. The van der Waals surface area contributed by atoms with Crippen molar-refractivity contribution in [2.24, 2.45) is 0 Å². The first kappa shape index (κ1) is 14.0. The van der Waals surface area contributed by atoms with Gasteiger partial charge in [0.2, 0.25) is 0 Å². The minimum atomic E-state index is -4.71. The SMILES string of the molecule is [NH-]c1cccc(OCc2cccc(OC(F)(F)F)c2)c1. The molecule has 0 saturated heterocycles. The van der Waals surface area contributed by atoms with Crippen molar-refractivity contribution < 1.29 is 22.6 Å². The molecule has 0 aliphatic rings. The van der Waals surface area contributed by atoms with E-state index in [9.17, 15) is 13.2 Å². The van der Waals surface area contributed by atoms with Gasteiger partial charge in [-0.25, -0.2) is 0 Å². The molecular formula is C14H11F3NO2-. The molecule has 0 amide bonds. The molecule has 2 aromatic carbocycles. The van der Waals surface area contributed by atoms with E-state index in [-0.39, 0.29) is 12.4 Å². The van der Waals surface area contributed by atoms with Crippen molar-refractivity contribution >= 4 is 5.69 Å². The van der Waals surface area contributed by atoms with Gasteiger partial charge in [-0.15, -0.1) is 18.9 Å². The van der Waals surface area contributed by atoms with E-state index in [4.69, 9.17) is 10.5 Å². The van der Waals surface area contributed by atoms with Crippen LogP contribution >= 0.6 is 0 Å². The minimum absolute atomic E-state index is 0.0957. The number of rotatable bonds is 4. The number of hydrogen-bond acceptors (Lipinski definition) is 2. The van der Waals surface area contributed by atoms with Gasteiger partial charge >= 0.3 is 6.36 Å². The zero-order valence-electron chi connectivity index (χ0n) is 10.3. The van der Waals surface area contributed by atoms with E-state index in [1.807, 2.05) is 0 Å². The quantitative estimate of drug-likeness (QED) is 0.804. The fourth-order valence-electron chi connectivity index (χ4n) is 1.58. The van der Waals surface area contributed by atoms with E-state index in [1.165, 1.54) is 24.3 Å². The smallest absolute Gasteiger partial charge is 0.573 e. The Labute approximate surface area is 113 Å². The minimum Gasteiger partial charge on any atom is -0.699 e. The molecule has 0 heterocycles. The molecule has 0 radical (unpaired) electrons. The summed E-state index contributed by atoms with van der Waals surface area (Å²) in [6.45, 7) is 0.0957. The molecule has 2 rings (SSSR count). The third-order valence-corrected chi connectivity index (χ3v) is 2.37. The summed E-state index contributed by atoms with van der Waals surface area (Å²) in [5.74, 6) is 0.201. The van der Waals surface area contributed by atoms with Gasteiger partial charge < -0.3 is 15.2 Å². The van der Waals surface area contributed by atoms with Crippen molar-refractivity contribution in [2.75, 3.05) is 0 Å². The summed E-state index contributed by atoms with van der Waals surface area (Å²) in [6.07, 6.45) is -4.71. The van der Waals surface area contributed by atoms with Crippen molar-refractivity contribution in [3.63, 3.8) is 0 Å². The number of hydrogen-bond donors (Lipinski definition) is 0. The van der Waals surface area contributed by atoms with Crippen LogP contribution in [0, 0.1) is 0 Å². The van der Waals surface area contributed by atoms with Crippen LogP contribution in [-0.4, -0.2) is 6.36 Å². The fraction of sp³-hybridized carbons (Fsp3) is 0.143. The van der Waals surface area contributed by atoms with Crippen LogP contribution < -0.4 is 9.47 Å². The number of alkyl halides is 3. The van der Waals surface area contributed by atoms with Gasteiger partial charge in [-0.1, -0.05) is 24.3 Å². The van der Waals surface area contributed by atoms with Crippen LogP contribution in [0.15, 0.2) is 48.5 Å². The van der Waals surface area contributed by atoms with Gasteiger partial charge in [0.15, 0.2) is 0 Å². The maximum absolute atomic E-state index is 12.1. The van der Waals surface area contributed by atoms with E-state index in [2.05, 4.69) is 4.74 Å². The molecule has 0 fully saturated rings. The zero-order valence-corrected chi connectivity index (χ0v) is 10.3. The standard InChI is InChI=1S/C14H11F3NO2/c15-14(16,17)20-13-6-1-3-10(7-13)9-19-12-5-2-4-11(18)8-12/h1-8,18H,9H2/q-1. The number of ether oxygens (including phenoxy) is 2. The monoisotopic (exact) mass is 282 g/mol. The van der Waals surface area contributed by atoms with Crippen LogP contribution in [0.4, 0.5) is 18.9 Å². The molecular weight excluding hydrogens is 271 g/mol. The van der Waals surface area contributed by atoms with Gasteiger partial charge in [0.1, 0.15) is 18.1 Å². The molecule has 6 heteroatoms. The molecule has 1 N–H and O–H groups in total. The predicted molar refractivity (Wildman–Crippen MR) is 67.9 cm³/mol. The van der Waals surface area contributed by atoms with Gasteiger partial charge in [-0.3, -0.25) is 0 Å². The average molecular weight is 282 g/mol. The Morgan fingerprint density at radius 2 is 1.65 bits per heavy atom. The topological polar surface area (TPSA) is 42.3 Å². The maximum atomic E-state index is 12.1. The second-order valence-corrected chi connectivity index (χ2v) is 4.01. The third-order valence-electron chi connectivity index (χ3n) is 2.37. The summed E-state index contributed by atoms with van der Waals surface area (Å²) in [5.41, 5.74) is 8.27. The number of halogens is 3. The van der Waals surface area contributed by atoms with Crippen molar-refractivity contribution in [1.82, 2.24) is 0 Å². The van der Waals surface area contributed by atoms with E-state index in [0.717, 1.165) is 0 Å². The van der Waals surface area contributed by atoms with E-state index in [1.54, 1.807) is 24.3 Å². The second-order valence-electron chi connectivity index (χ2n) is 4.01. The summed E-state index contributed by atoms with van der Waals surface area (Å²) in [7, 11) is 0. The average Bonchev–Trinajstić information content (AvgIpc) is 2.35. The van der Waals surface area contributed by atoms with Crippen molar-refractivity contribution in [3.05, 3.63) is 59.8 Å². The lowest BCUT2D eigenvalue weighted by atomic mass is 10.2. The Morgan fingerprint density at radius 3 is 2.35 bits per heavy atom. The van der Waals surface area contributed by atoms with Crippen LogP contribution in [0.5, 0.6) is 11.5 Å². The maximum Gasteiger partial charge on any atom is 0.573 e. The highest BCUT2D eigenvalue weighted by atomic mass is 19.4. The molecule has 0 aromatic heterocycles. The van der Waals surface area contributed by atoms with Crippen LogP contribution in [0.1, 0.15) is 5.56 Å². The van der Waals surface area contributed by atoms with Crippen molar-refractivity contribution in [3.8, 4) is 11.5 Å². The van der Waals surface area contributed by atoms with Crippen LogP contribution in [-0.2, 0) is 6.61 Å². The molecule has 0 saturated carbocycles. The van der Waals surface area contributed by atoms with Crippen LogP contribution in [0.2, 0.25) is 0 Å². The Hall–Kier alpha value is -2.37. The van der Waals surface area contributed by atoms with E-state index in [0.29, 0.717) is 17.0 Å². The summed E-state index contributed by atoms with van der Waals surface area (Å²) in [4.78, 5) is 0. The molecule has 0 spiro atoms. The third kappa shape index (κ3) is 4.38. The molecule has 2 aromatic rings. The first-order valence-corrected chi connectivity index (χ1v) is 5.71. The molecule has 0 unspecified atom stereocenters. The van der Waals surface area contributed by atoms with Crippen LogP contribution in [0.3, 0.4) is 0 Å². The van der Waals surface area contributed by atoms with Crippen molar-refractivity contribution in [1.29, 1.82) is 0 Å². The first-order valence-electron chi connectivity index (χ1n) is 5.71. The normalized spacial score (nSPS) is 11.2. The number of benzene rings is 2. The highest BCUT2D eigenvalue weighted by molar-refractivity contribution is 5.47. The Kier molecular flexibility index (Phi) is 4.02. The Bertz CT molecular complexity index is 585. The van der Waals surface area contributed by atoms with Gasteiger partial charge in [0.05, 0.1) is 0 Å². The Morgan fingerprint density at radius 1 is 0.950 bits per heavy atom. The largest absolute Gasteiger partial charge is 0.699 e. The molecule has 3 nitrogen and oxygen atoms in total. The summed E-state index contributed by atoms with van der Waals surface area (Å²) in [5, 5.41) is 0. The summed E-state index contributed by atoms with van der Waals surface area (Å²) < 4.78 is 45.5. The fourth-order valence-corrected chi connectivity index (χ4v) is 1.58.